The van der Waals surface area contributed by atoms with Crippen LogP contribution in [-0.4, -0.2) is 35.4 Å². The summed E-state index contributed by atoms with van der Waals surface area (Å²) in [5.74, 6) is 0.447. The Balaban J connectivity index is 2.54. The van der Waals surface area contributed by atoms with E-state index >= 15 is 0 Å². The first-order valence-electron chi connectivity index (χ1n) is 9.48. The molecule has 0 bridgehead atoms. The number of nitrogens with zero attached hydrogens (tertiary/aromatic N) is 2. The first-order chi connectivity index (χ1) is 12.1. The van der Waals surface area contributed by atoms with Gasteiger partial charge >= 0.3 is 0 Å². The van der Waals surface area contributed by atoms with Crippen LogP contribution in [0.3, 0.4) is 0 Å². The van der Waals surface area contributed by atoms with Gasteiger partial charge in [0.1, 0.15) is 5.66 Å². The van der Waals surface area contributed by atoms with Crippen LogP contribution in [0.2, 0.25) is 5.02 Å². The average Bonchev–Trinajstić information content (AvgIpc) is 2.85. The Labute approximate surface area is 162 Å². The maximum atomic E-state index is 13.2. The molecule has 25 heavy (non-hydrogen) atoms. The molecule has 0 spiro atoms. The number of carbonyl (C=O) groups excluding carboxylic acids is 1. The molecule has 0 aromatic heterocycles. The number of halogens is 2. The summed E-state index contributed by atoms with van der Waals surface area (Å²) >= 11 is 12.0. The highest BCUT2D eigenvalue weighted by molar-refractivity contribution is 6.30. The molecule has 0 saturated heterocycles. The number of amides is 1. The van der Waals surface area contributed by atoms with Gasteiger partial charge in [0.05, 0.1) is 0 Å². The molecule has 140 valence electrons. The molecule has 1 saturated carbocycles. The van der Waals surface area contributed by atoms with Crippen LogP contribution in [0.4, 0.5) is 5.69 Å². The number of rotatable bonds is 7. The van der Waals surface area contributed by atoms with Gasteiger partial charge in [0.15, 0.2) is 0 Å². The number of anilines is 1. The minimum Gasteiger partial charge on any atom is -0.293 e. The van der Waals surface area contributed by atoms with Crippen LogP contribution in [0.15, 0.2) is 24.3 Å². The highest BCUT2D eigenvalue weighted by Gasteiger charge is 2.44. The van der Waals surface area contributed by atoms with Crippen molar-refractivity contribution in [2.75, 3.05) is 23.9 Å². The van der Waals surface area contributed by atoms with Crippen molar-refractivity contribution in [3.63, 3.8) is 0 Å². The standard InChI is InChI=1S/C20H30Cl2N2O/c1-3-23(4-2)20(14-7-5-6-8-15-20)24(19(25)13-16-21)18-11-9-17(22)10-12-18/h9-12H,3-8,13-16H2,1-2H3. The van der Waals surface area contributed by atoms with Crippen molar-refractivity contribution in [3.8, 4) is 0 Å². The molecule has 1 aromatic carbocycles. The molecule has 5 heteroatoms. The summed E-state index contributed by atoms with van der Waals surface area (Å²) < 4.78 is 0. The van der Waals surface area contributed by atoms with Crippen molar-refractivity contribution < 1.29 is 4.79 Å². The maximum absolute atomic E-state index is 13.2. The van der Waals surface area contributed by atoms with Crippen LogP contribution in [-0.2, 0) is 4.79 Å². The van der Waals surface area contributed by atoms with Gasteiger partial charge in [0.2, 0.25) is 5.91 Å². The number of carbonyl (C=O) groups is 1. The third kappa shape index (κ3) is 4.69. The number of benzene rings is 1. The van der Waals surface area contributed by atoms with E-state index in [1.807, 2.05) is 29.2 Å². The second-order valence-corrected chi connectivity index (χ2v) is 7.53. The van der Waals surface area contributed by atoms with Gasteiger partial charge in [-0.3, -0.25) is 14.6 Å². The molecule has 2 rings (SSSR count). The van der Waals surface area contributed by atoms with Crippen LogP contribution in [0.25, 0.3) is 0 Å². The third-order valence-corrected chi connectivity index (χ3v) is 5.76. The molecule has 0 unspecified atom stereocenters. The third-order valence-electron chi connectivity index (χ3n) is 5.32. The van der Waals surface area contributed by atoms with Crippen molar-refractivity contribution >= 4 is 34.8 Å². The van der Waals surface area contributed by atoms with Crippen LogP contribution in [0, 0.1) is 0 Å². The van der Waals surface area contributed by atoms with E-state index in [0.29, 0.717) is 17.3 Å². The van der Waals surface area contributed by atoms with Gasteiger partial charge < -0.3 is 0 Å². The lowest BCUT2D eigenvalue weighted by molar-refractivity contribution is -0.121. The second-order valence-electron chi connectivity index (χ2n) is 6.71. The van der Waals surface area contributed by atoms with E-state index in [-0.39, 0.29) is 11.6 Å². The van der Waals surface area contributed by atoms with Gasteiger partial charge in [-0.1, -0.05) is 38.3 Å². The van der Waals surface area contributed by atoms with E-state index in [4.69, 9.17) is 23.2 Å². The minimum absolute atomic E-state index is 0.103. The van der Waals surface area contributed by atoms with Gasteiger partial charge in [-0.15, -0.1) is 11.6 Å². The molecule has 1 fully saturated rings. The summed E-state index contributed by atoms with van der Waals surface area (Å²) in [7, 11) is 0. The first kappa shape index (κ1) is 20.5. The normalized spacial score (nSPS) is 17.3. The second kappa shape index (κ2) is 9.80. The monoisotopic (exact) mass is 384 g/mol. The maximum Gasteiger partial charge on any atom is 0.229 e. The van der Waals surface area contributed by atoms with Crippen molar-refractivity contribution in [3.05, 3.63) is 29.3 Å². The summed E-state index contributed by atoms with van der Waals surface area (Å²) in [6, 6.07) is 7.66. The predicted molar refractivity (Wildman–Crippen MR) is 108 cm³/mol. The molecule has 0 atom stereocenters. The lowest BCUT2D eigenvalue weighted by Gasteiger charge is -2.50. The topological polar surface area (TPSA) is 23.6 Å². The molecule has 1 aliphatic rings. The predicted octanol–water partition coefficient (Wildman–Crippen LogP) is 5.69. The van der Waals surface area contributed by atoms with Gasteiger partial charge in [-0.25, -0.2) is 0 Å². The van der Waals surface area contributed by atoms with E-state index in [1.165, 1.54) is 12.8 Å². The lowest BCUT2D eigenvalue weighted by Crippen LogP contribution is -2.62. The van der Waals surface area contributed by atoms with Gasteiger partial charge in [0.25, 0.3) is 0 Å². The molecular weight excluding hydrogens is 355 g/mol. The Morgan fingerprint density at radius 3 is 2.08 bits per heavy atom. The zero-order chi connectivity index (χ0) is 18.3. The van der Waals surface area contributed by atoms with Crippen molar-refractivity contribution in [2.24, 2.45) is 0 Å². The minimum atomic E-state index is -0.267. The Bertz CT molecular complexity index is 535. The summed E-state index contributed by atoms with van der Waals surface area (Å²) in [4.78, 5) is 17.7. The van der Waals surface area contributed by atoms with Crippen LogP contribution in [0.1, 0.15) is 58.8 Å². The van der Waals surface area contributed by atoms with E-state index in [9.17, 15) is 4.79 Å². The van der Waals surface area contributed by atoms with Crippen molar-refractivity contribution in [1.29, 1.82) is 0 Å². The Morgan fingerprint density at radius 2 is 1.60 bits per heavy atom. The quantitative estimate of drug-likeness (QED) is 0.342. The Kier molecular flexibility index (Phi) is 8.05. The Morgan fingerprint density at radius 1 is 1.04 bits per heavy atom. The molecule has 1 aromatic rings. The largest absolute Gasteiger partial charge is 0.293 e. The molecule has 0 N–H and O–H groups in total. The number of hydrogen-bond acceptors (Lipinski definition) is 2. The molecule has 0 heterocycles. The van der Waals surface area contributed by atoms with E-state index in [2.05, 4.69) is 18.7 Å². The smallest absolute Gasteiger partial charge is 0.229 e. The zero-order valence-electron chi connectivity index (χ0n) is 15.4. The van der Waals surface area contributed by atoms with Crippen molar-refractivity contribution in [1.82, 2.24) is 4.90 Å². The highest BCUT2D eigenvalue weighted by Crippen LogP contribution is 2.39. The van der Waals surface area contributed by atoms with Crippen LogP contribution >= 0.6 is 23.2 Å². The van der Waals surface area contributed by atoms with Gasteiger partial charge in [-0.2, -0.15) is 0 Å². The van der Waals surface area contributed by atoms with Gasteiger partial charge in [-0.05, 0) is 63.0 Å². The fourth-order valence-electron chi connectivity index (χ4n) is 4.19. The molecule has 1 amide bonds. The Hall–Kier alpha value is -0.770. The van der Waals surface area contributed by atoms with Crippen LogP contribution < -0.4 is 4.90 Å². The summed E-state index contributed by atoms with van der Waals surface area (Å²) in [6.07, 6.45) is 7.13. The molecule has 0 aliphatic heterocycles. The fraction of sp³-hybridized carbons (Fsp3) is 0.650. The molecule has 3 nitrogen and oxygen atoms in total. The summed E-state index contributed by atoms with van der Waals surface area (Å²) in [5, 5.41) is 0.686. The van der Waals surface area contributed by atoms with Crippen LogP contribution in [0.5, 0.6) is 0 Å². The summed E-state index contributed by atoms with van der Waals surface area (Å²) in [5.41, 5.74) is 0.657. The van der Waals surface area contributed by atoms with Crippen molar-refractivity contribution in [2.45, 2.75) is 64.5 Å². The number of hydrogen-bond donors (Lipinski definition) is 0. The number of alkyl halides is 1. The molecule has 1 aliphatic carbocycles. The zero-order valence-corrected chi connectivity index (χ0v) is 17.0. The highest BCUT2D eigenvalue weighted by atomic mass is 35.5. The van der Waals surface area contributed by atoms with E-state index in [1.54, 1.807) is 0 Å². The molecular formula is C20H30Cl2N2O. The van der Waals surface area contributed by atoms with Gasteiger partial charge in [0, 0.05) is 23.0 Å². The lowest BCUT2D eigenvalue weighted by atomic mass is 9.94. The SMILES string of the molecule is CCN(CC)C1(N(C(=O)CCCl)c2ccc(Cl)cc2)CCCCCC1. The average molecular weight is 385 g/mol. The molecule has 0 radical (unpaired) electrons. The summed E-state index contributed by atoms with van der Waals surface area (Å²) in [6.45, 7) is 6.22. The first-order valence-corrected chi connectivity index (χ1v) is 10.4. The van der Waals surface area contributed by atoms with E-state index < -0.39 is 0 Å². The fourth-order valence-corrected chi connectivity index (χ4v) is 4.48. The van der Waals surface area contributed by atoms with E-state index in [0.717, 1.165) is 44.5 Å².